The second kappa shape index (κ2) is 6.48. The van der Waals surface area contributed by atoms with E-state index in [1.807, 2.05) is 24.4 Å². The summed E-state index contributed by atoms with van der Waals surface area (Å²) in [5.74, 6) is 0.0489. The third-order valence-electron chi connectivity index (χ3n) is 4.84. The zero-order valence-electron chi connectivity index (χ0n) is 13.6. The van der Waals surface area contributed by atoms with Crippen molar-refractivity contribution in [3.8, 4) is 11.1 Å². The van der Waals surface area contributed by atoms with Crippen molar-refractivity contribution < 1.29 is 9.59 Å². The number of rotatable bonds is 2. The van der Waals surface area contributed by atoms with Crippen LogP contribution in [0.5, 0.6) is 0 Å². The van der Waals surface area contributed by atoms with Crippen LogP contribution in [0.1, 0.15) is 36.3 Å². The van der Waals surface area contributed by atoms with Gasteiger partial charge in [-0.05, 0) is 36.5 Å². The average Bonchev–Trinajstić information content (AvgIpc) is 2.62. The molecule has 2 aliphatic heterocycles. The first-order chi connectivity index (χ1) is 12.1. The van der Waals surface area contributed by atoms with Crippen LogP contribution in [0.4, 0.5) is 5.82 Å². The molecule has 1 aromatic carbocycles. The van der Waals surface area contributed by atoms with Crippen LogP contribution < -0.4 is 10.6 Å². The summed E-state index contributed by atoms with van der Waals surface area (Å²) < 4.78 is 0. The summed E-state index contributed by atoms with van der Waals surface area (Å²) in [6.45, 7) is 0.950. The fourth-order valence-electron chi connectivity index (χ4n) is 3.53. The van der Waals surface area contributed by atoms with Gasteiger partial charge in [-0.1, -0.05) is 29.8 Å². The minimum atomic E-state index is -0.391. The molecule has 0 aliphatic carbocycles. The van der Waals surface area contributed by atoms with Crippen LogP contribution in [0.25, 0.3) is 11.1 Å². The highest BCUT2D eigenvalue weighted by Gasteiger charge is 2.30. The van der Waals surface area contributed by atoms with Crippen LogP contribution >= 0.6 is 11.6 Å². The topological polar surface area (TPSA) is 71.1 Å². The van der Waals surface area contributed by atoms with E-state index in [4.69, 9.17) is 11.6 Å². The van der Waals surface area contributed by atoms with Crippen molar-refractivity contribution in [1.82, 2.24) is 10.3 Å². The SMILES string of the molecule is O=C1CCC(c2cccc(-c3cnc4c(c3)CCCN4)c2Cl)C(=O)N1. The number of halogens is 1. The lowest BCUT2D eigenvalue weighted by Crippen LogP contribution is -2.39. The molecule has 0 bridgehead atoms. The molecule has 2 aromatic rings. The summed E-state index contributed by atoms with van der Waals surface area (Å²) in [6, 6.07) is 7.82. The number of fused-ring (bicyclic) bond motifs is 1. The van der Waals surface area contributed by atoms with Gasteiger partial charge in [0.2, 0.25) is 11.8 Å². The number of imide groups is 1. The minimum absolute atomic E-state index is 0.222. The molecule has 2 N–H and O–H groups in total. The summed E-state index contributed by atoms with van der Waals surface area (Å²) in [5, 5.41) is 6.26. The van der Waals surface area contributed by atoms with Crippen LogP contribution in [0, 0.1) is 0 Å². The summed E-state index contributed by atoms with van der Waals surface area (Å²) in [5.41, 5.74) is 3.76. The van der Waals surface area contributed by atoms with Crippen molar-refractivity contribution in [3.05, 3.63) is 46.6 Å². The van der Waals surface area contributed by atoms with Gasteiger partial charge in [0.05, 0.1) is 10.9 Å². The summed E-state index contributed by atoms with van der Waals surface area (Å²) in [4.78, 5) is 28.1. The van der Waals surface area contributed by atoms with Crippen LogP contribution in [0.3, 0.4) is 0 Å². The third kappa shape index (κ3) is 3.00. The van der Waals surface area contributed by atoms with Crippen molar-refractivity contribution in [2.24, 2.45) is 0 Å². The average molecular weight is 356 g/mol. The Hall–Kier alpha value is -2.40. The fraction of sp³-hybridized carbons (Fsp3) is 0.316. The predicted octanol–water partition coefficient (Wildman–Crippen LogP) is 3.28. The molecule has 6 heteroatoms. The van der Waals surface area contributed by atoms with Gasteiger partial charge in [0, 0.05) is 30.3 Å². The van der Waals surface area contributed by atoms with Crippen molar-refractivity contribution >= 4 is 29.2 Å². The Kier molecular flexibility index (Phi) is 4.17. The van der Waals surface area contributed by atoms with Gasteiger partial charge < -0.3 is 5.32 Å². The lowest BCUT2D eigenvalue weighted by atomic mass is 9.88. The first-order valence-electron chi connectivity index (χ1n) is 8.49. The van der Waals surface area contributed by atoms with Gasteiger partial charge in [-0.15, -0.1) is 0 Å². The number of carbonyl (C=O) groups is 2. The van der Waals surface area contributed by atoms with E-state index in [0.717, 1.165) is 41.9 Å². The number of amides is 2. The van der Waals surface area contributed by atoms with E-state index >= 15 is 0 Å². The van der Waals surface area contributed by atoms with Gasteiger partial charge in [0.1, 0.15) is 5.82 Å². The Labute approximate surface area is 150 Å². The molecule has 0 saturated carbocycles. The molecule has 3 heterocycles. The van der Waals surface area contributed by atoms with Crippen LogP contribution in [-0.4, -0.2) is 23.3 Å². The Morgan fingerprint density at radius 3 is 2.92 bits per heavy atom. The van der Waals surface area contributed by atoms with E-state index in [2.05, 4.69) is 21.7 Å². The Morgan fingerprint density at radius 2 is 2.08 bits per heavy atom. The van der Waals surface area contributed by atoms with Gasteiger partial charge in [-0.2, -0.15) is 0 Å². The molecule has 1 saturated heterocycles. The highest BCUT2D eigenvalue weighted by atomic mass is 35.5. The molecular formula is C19H18ClN3O2. The molecule has 128 valence electrons. The minimum Gasteiger partial charge on any atom is -0.370 e. The van der Waals surface area contributed by atoms with Crippen LogP contribution in [0.2, 0.25) is 5.02 Å². The summed E-state index contributed by atoms with van der Waals surface area (Å²) in [7, 11) is 0. The molecule has 5 nitrogen and oxygen atoms in total. The number of piperidine rings is 1. The highest BCUT2D eigenvalue weighted by Crippen LogP contribution is 2.37. The lowest BCUT2D eigenvalue weighted by molar-refractivity contribution is -0.134. The maximum absolute atomic E-state index is 12.2. The van der Waals surface area contributed by atoms with E-state index in [0.29, 0.717) is 17.9 Å². The number of carbonyl (C=O) groups excluding carboxylic acids is 2. The molecular weight excluding hydrogens is 338 g/mol. The smallest absolute Gasteiger partial charge is 0.234 e. The standard InChI is InChI=1S/C19H18ClN3O2/c20-17-13(12-9-11-3-2-8-21-18(11)22-10-12)4-1-5-14(17)15-6-7-16(24)23-19(15)25/h1,4-5,9-10,15H,2-3,6-8H2,(H,21,22)(H,23,24,25). The largest absolute Gasteiger partial charge is 0.370 e. The molecule has 1 unspecified atom stereocenters. The second-order valence-corrected chi connectivity index (χ2v) is 6.85. The Bertz CT molecular complexity index is 866. The molecule has 1 aromatic heterocycles. The highest BCUT2D eigenvalue weighted by molar-refractivity contribution is 6.34. The molecule has 2 aliphatic rings. The maximum atomic E-state index is 12.2. The Balaban J connectivity index is 1.72. The molecule has 1 fully saturated rings. The molecule has 0 spiro atoms. The lowest BCUT2D eigenvalue weighted by Gasteiger charge is -2.23. The van der Waals surface area contributed by atoms with Crippen molar-refractivity contribution in [2.75, 3.05) is 11.9 Å². The number of nitrogens with one attached hydrogen (secondary N) is 2. The van der Waals surface area contributed by atoms with Gasteiger partial charge in [-0.3, -0.25) is 14.9 Å². The fourth-order valence-corrected chi connectivity index (χ4v) is 3.89. The van der Waals surface area contributed by atoms with Crippen LogP contribution in [0.15, 0.2) is 30.5 Å². The number of anilines is 1. The van der Waals surface area contributed by atoms with Gasteiger partial charge in [0.25, 0.3) is 0 Å². The number of aryl methyl sites for hydroxylation is 1. The molecule has 1 atom stereocenters. The number of nitrogens with zero attached hydrogens (tertiary/aromatic N) is 1. The van der Waals surface area contributed by atoms with Crippen molar-refractivity contribution in [2.45, 2.75) is 31.6 Å². The first kappa shape index (κ1) is 16.1. The normalized spacial score (nSPS) is 19.8. The first-order valence-corrected chi connectivity index (χ1v) is 8.86. The second-order valence-electron chi connectivity index (χ2n) is 6.47. The van der Waals surface area contributed by atoms with E-state index in [-0.39, 0.29) is 11.8 Å². The molecule has 4 rings (SSSR count). The van der Waals surface area contributed by atoms with Crippen molar-refractivity contribution in [3.63, 3.8) is 0 Å². The monoisotopic (exact) mass is 355 g/mol. The number of hydrogen-bond donors (Lipinski definition) is 2. The summed E-state index contributed by atoms with van der Waals surface area (Å²) >= 11 is 6.65. The van der Waals surface area contributed by atoms with E-state index < -0.39 is 5.92 Å². The number of pyridine rings is 1. The zero-order valence-corrected chi connectivity index (χ0v) is 14.4. The van der Waals surface area contributed by atoms with Gasteiger partial charge in [0.15, 0.2) is 0 Å². The van der Waals surface area contributed by atoms with E-state index in [9.17, 15) is 9.59 Å². The maximum Gasteiger partial charge on any atom is 0.234 e. The number of aromatic nitrogens is 1. The van der Waals surface area contributed by atoms with E-state index in [1.54, 1.807) is 0 Å². The Morgan fingerprint density at radius 1 is 1.20 bits per heavy atom. The quantitative estimate of drug-likeness (QED) is 0.811. The van der Waals surface area contributed by atoms with Crippen molar-refractivity contribution in [1.29, 1.82) is 0 Å². The molecule has 0 radical (unpaired) electrons. The number of hydrogen-bond acceptors (Lipinski definition) is 4. The number of benzene rings is 1. The predicted molar refractivity (Wildman–Crippen MR) is 96.6 cm³/mol. The van der Waals surface area contributed by atoms with Gasteiger partial charge >= 0.3 is 0 Å². The third-order valence-corrected chi connectivity index (χ3v) is 5.26. The zero-order chi connectivity index (χ0) is 17.4. The van der Waals surface area contributed by atoms with Crippen LogP contribution in [-0.2, 0) is 16.0 Å². The summed E-state index contributed by atoms with van der Waals surface area (Å²) in [6.07, 6.45) is 4.71. The molecule has 2 amide bonds. The molecule has 25 heavy (non-hydrogen) atoms. The van der Waals surface area contributed by atoms with Gasteiger partial charge in [-0.25, -0.2) is 4.98 Å². The van der Waals surface area contributed by atoms with E-state index in [1.165, 1.54) is 5.56 Å².